The molecule has 4 nitrogen and oxygen atoms in total. The third-order valence-corrected chi connectivity index (χ3v) is 5.22. The van der Waals surface area contributed by atoms with Crippen LogP contribution >= 0.6 is 22.9 Å². The third kappa shape index (κ3) is 4.23. The Hall–Kier alpha value is -2.37. The molecule has 26 heavy (non-hydrogen) atoms. The van der Waals surface area contributed by atoms with Gasteiger partial charge in [0.1, 0.15) is 5.75 Å². The molecule has 0 atom stereocenters. The second-order valence-corrected chi connectivity index (χ2v) is 7.67. The number of aryl methyl sites for hydroxylation is 2. The van der Waals surface area contributed by atoms with E-state index in [9.17, 15) is 4.79 Å². The number of nitrogens with zero attached hydrogens (tertiary/aromatic N) is 2. The predicted molar refractivity (Wildman–Crippen MR) is 106 cm³/mol. The zero-order valence-electron chi connectivity index (χ0n) is 14.8. The van der Waals surface area contributed by atoms with Crippen molar-refractivity contribution >= 4 is 34.8 Å². The summed E-state index contributed by atoms with van der Waals surface area (Å²) >= 11 is 7.17. The number of ketones is 1. The summed E-state index contributed by atoms with van der Waals surface area (Å²) in [5.74, 6) is 0.740. The number of halogens is 1. The van der Waals surface area contributed by atoms with Crippen molar-refractivity contribution in [3.63, 3.8) is 0 Å². The van der Waals surface area contributed by atoms with E-state index >= 15 is 0 Å². The number of thiophene rings is 1. The van der Waals surface area contributed by atoms with Crippen molar-refractivity contribution < 1.29 is 9.53 Å². The largest absolute Gasteiger partial charge is 0.496 e. The van der Waals surface area contributed by atoms with E-state index in [-0.39, 0.29) is 5.78 Å². The molecule has 6 heteroatoms. The van der Waals surface area contributed by atoms with E-state index in [2.05, 4.69) is 5.10 Å². The van der Waals surface area contributed by atoms with Gasteiger partial charge >= 0.3 is 0 Å². The molecular weight excluding hydrogens is 368 g/mol. The van der Waals surface area contributed by atoms with Gasteiger partial charge in [0.25, 0.3) is 0 Å². The van der Waals surface area contributed by atoms with Crippen molar-refractivity contribution in [1.82, 2.24) is 9.78 Å². The Bertz CT molecular complexity index is 972. The molecule has 0 amide bonds. The fourth-order valence-corrected chi connectivity index (χ4v) is 3.69. The van der Waals surface area contributed by atoms with Crippen LogP contribution in [0.2, 0.25) is 4.34 Å². The lowest BCUT2D eigenvalue weighted by molar-refractivity contribution is 0.105. The number of carbonyl (C=O) groups excluding carboxylic acids is 1. The van der Waals surface area contributed by atoms with Crippen LogP contribution < -0.4 is 4.74 Å². The zero-order chi connectivity index (χ0) is 18.7. The number of aromatic nitrogens is 2. The van der Waals surface area contributed by atoms with Gasteiger partial charge in [-0.3, -0.25) is 9.48 Å². The van der Waals surface area contributed by atoms with Gasteiger partial charge in [-0.05, 0) is 55.8 Å². The first kappa shape index (κ1) is 18.4. The SMILES string of the molecule is COc1ccc(/C=C/C(=O)c2ccc(Cl)s2)cc1Cn1nc(C)cc1C. The number of benzene rings is 1. The molecular formula is C20H19ClN2O2S. The van der Waals surface area contributed by atoms with Crippen LogP contribution in [-0.4, -0.2) is 22.7 Å². The Kier molecular flexibility index (Phi) is 5.59. The van der Waals surface area contributed by atoms with Crippen LogP contribution in [0.3, 0.4) is 0 Å². The molecule has 0 aliphatic carbocycles. The van der Waals surface area contributed by atoms with Gasteiger partial charge < -0.3 is 4.74 Å². The summed E-state index contributed by atoms with van der Waals surface area (Å²) in [6, 6.07) is 11.4. The minimum atomic E-state index is -0.0576. The van der Waals surface area contributed by atoms with Crippen molar-refractivity contribution in [2.24, 2.45) is 0 Å². The fraction of sp³-hybridized carbons (Fsp3) is 0.200. The smallest absolute Gasteiger partial charge is 0.195 e. The van der Waals surface area contributed by atoms with Crippen molar-refractivity contribution in [2.75, 3.05) is 7.11 Å². The van der Waals surface area contributed by atoms with Crippen molar-refractivity contribution in [2.45, 2.75) is 20.4 Å². The van der Waals surface area contributed by atoms with Crippen molar-refractivity contribution in [3.05, 3.63) is 74.2 Å². The number of rotatable bonds is 6. The summed E-state index contributed by atoms with van der Waals surface area (Å²) in [6.07, 6.45) is 3.37. The van der Waals surface area contributed by atoms with Gasteiger partial charge in [-0.2, -0.15) is 5.10 Å². The van der Waals surface area contributed by atoms with E-state index in [1.54, 1.807) is 31.4 Å². The van der Waals surface area contributed by atoms with E-state index in [0.717, 1.165) is 28.3 Å². The quantitative estimate of drug-likeness (QED) is 0.433. The number of methoxy groups -OCH3 is 1. The molecule has 0 aliphatic rings. The molecule has 3 aromatic rings. The number of hydrogen-bond donors (Lipinski definition) is 0. The molecule has 0 aliphatic heterocycles. The minimum Gasteiger partial charge on any atom is -0.496 e. The Morgan fingerprint density at radius 3 is 2.69 bits per heavy atom. The van der Waals surface area contributed by atoms with Gasteiger partial charge in [0.2, 0.25) is 0 Å². The summed E-state index contributed by atoms with van der Waals surface area (Å²) < 4.78 is 8.03. The van der Waals surface area contributed by atoms with Gasteiger partial charge in [-0.15, -0.1) is 11.3 Å². The summed E-state index contributed by atoms with van der Waals surface area (Å²) in [7, 11) is 1.65. The second-order valence-electron chi connectivity index (χ2n) is 5.96. The van der Waals surface area contributed by atoms with Crippen LogP contribution in [-0.2, 0) is 6.54 Å². The van der Waals surface area contributed by atoms with Crippen molar-refractivity contribution in [1.29, 1.82) is 0 Å². The lowest BCUT2D eigenvalue weighted by atomic mass is 10.1. The molecule has 0 saturated carbocycles. The Morgan fingerprint density at radius 2 is 2.08 bits per heavy atom. The molecule has 2 aromatic heterocycles. The molecule has 0 spiro atoms. The van der Waals surface area contributed by atoms with E-state index < -0.39 is 0 Å². The van der Waals surface area contributed by atoms with E-state index in [1.807, 2.05) is 42.8 Å². The normalized spacial score (nSPS) is 11.2. The number of ether oxygens (including phenoxy) is 1. The molecule has 0 radical (unpaired) electrons. The first-order valence-electron chi connectivity index (χ1n) is 8.12. The number of hydrogen-bond acceptors (Lipinski definition) is 4. The van der Waals surface area contributed by atoms with E-state index in [4.69, 9.17) is 16.3 Å². The Balaban J connectivity index is 1.83. The number of carbonyl (C=O) groups is 1. The molecule has 0 N–H and O–H groups in total. The topological polar surface area (TPSA) is 44.1 Å². The fourth-order valence-electron chi connectivity index (χ4n) is 2.72. The highest BCUT2D eigenvalue weighted by Gasteiger charge is 2.09. The van der Waals surface area contributed by atoms with Gasteiger partial charge in [0.15, 0.2) is 5.78 Å². The summed E-state index contributed by atoms with van der Waals surface area (Å²) in [5.41, 5.74) is 4.01. The van der Waals surface area contributed by atoms with Crippen LogP contribution in [0.5, 0.6) is 5.75 Å². The first-order valence-corrected chi connectivity index (χ1v) is 9.31. The standard InChI is InChI=1S/C20H19ClN2O2S/c1-13-10-14(2)23(22-13)12-16-11-15(5-7-18(16)25-3)4-6-17(24)19-8-9-20(21)26-19/h4-11H,12H2,1-3H3/b6-4+. The average molecular weight is 387 g/mol. The maximum absolute atomic E-state index is 12.2. The molecule has 0 fully saturated rings. The Labute approximate surface area is 161 Å². The van der Waals surface area contributed by atoms with Crippen LogP contribution in [0.25, 0.3) is 6.08 Å². The lowest BCUT2D eigenvalue weighted by Crippen LogP contribution is -2.05. The molecule has 0 saturated heterocycles. The van der Waals surface area contributed by atoms with Gasteiger partial charge in [0, 0.05) is 11.3 Å². The highest BCUT2D eigenvalue weighted by Crippen LogP contribution is 2.24. The molecule has 134 valence electrons. The zero-order valence-corrected chi connectivity index (χ0v) is 16.4. The van der Waals surface area contributed by atoms with E-state index in [0.29, 0.717) is 15.8 Å². The lowest BCUT2D eigenvalue weighted by Gasteiger charge is -2.11. The van der Waals surface area contributed by atoms with Crippen LogP contribution in [0.1, 0.15) is 32.2 Å². The third-order valence-electron chi connectivity index (χ3n) is 3.97. The second kappa shape index (κ2) is 7.89. The molecule has 0 unspecified atom stereocenters. The van der Waals surface area contributed by atoms with Crippen LogP contribution in [0, 0.1) is 13.8 Å². The minimum absolute atomic E-state index is 0.0576. The van der Waals surface area contributed by atoms with Crippen molar-refractivity contribution in [3.8, 4) is 5.75 Å². The highest BCUT2D eigenvalue weighted by molar-refractivity contribution is 7.18. The molecule has 3 rings (SSSR count). The van der Waals surface area contributed by atoms with Crippen LogP contribution in [0.15, 0.2) is 42.5 Å². The van der Waals surface area contributed by atoms with E-state index in [1.165, 1.54) is 11.3 Å². The first-order chi connectivity index (χ1) is 12.5. The number of allylic oxidation sites excluding steroid dienone is 1. The van der Waals surface area contributed by atoms with Gasteiger partial charge in [-0.1, -0.05) is 23.7 Å². The molecule has 0 bridgehead atoms. The molecule has 2 heterocycles. The predicted octanol–water partition coefficient (Wildman–Crippen LogP) is 5.17. The monoisotopic (exact) mass is 386 g/mol. The highest BCUT2D eigenvalue weighted by atomic mass is 35.5. The molecule has 1 aromatic carbocycles. The summed E-state index contributed by atoms with van der Waals surface area (Å²) in [4.78, 5) is 12.8. The van der Waals surface area contributed by atoms with Gasteiger partial charge in [0.05, 0.1) is 28.6 Å². The summed E-state index contributed by atoms with van der Waals surface area (Å²) in [5, 5.41) is 4.50. The summed E-state index contributed by atoms with van der Waals surface area (Å²) in [6.45, 7) is 4.61. The van der Waals surface area contributed by atoms with Crippen LogP contribution in [0.4, 0.5) is 0 Å². The maximum Gasteiger partial charge on any atom is 0.195 e. The Morgan fingerprint density at radius 1 is 1.27 bits per heavy atom. The van der Waals surface area contributed by atoms with Gasteiger partial charge in [-0.25, -0.2) is 0 Å². The average Bonchev–Trinajstić information content (AvgIpc) is 3.18. The maximum atomic E-state index is 12.2.